The molecule has 122 valence electrons. The lowest BCUT2D eigenvalue weighted by molar-refractivity contribution is -0.118. The number of anilines is 1. The van der Waals surface area contributed by atoms with Gasteiger partial charge < -0.3 is 11.1 Å². The van der Waals surface area contributed by atoms with Crippen LogP contribution in [0, 0.1) is 5.92 Å². The average molecular weight is 303 g/mol. The second-order valence-electron chi connectivity index (χ2n) is 6.81. The molecule has 0 saturated carbocycles. The quantitative estimate of drug-likeness (QED) is 0.879. The molecule has 2 atom stereocenters. The summed E-state index contributed by atoms with van der Waals surface area (Å²) < 4.78 is 0. The number of carbonyl (C=O) groups is 1. The molecule has 22 heavy (non-hydrogen) atoms. The van der Waals surface area contributed by atoms with E-state index in [4.69, 9.17) is 5.73 Å². The van der Waals surface area contributed by atoms with Crippen LogP contribution >= 0.6 is 0 Å². The Hall–Kier alpha value is -1.39. The number of hydrogen-bond acceptors (Lipinski definition) is 3. The first kappa shape index (κ1) is 17.0. The lowest BCUT2D eigenvalue weighted by Crippen LogP contribution is -2.49. The summed E-state index contributed by atoms with van der Waals surface area (Å²) in [4.78, 5) is 14.5. The zero-order valence-electron chi connectivity index (χ0n) is 14.0. The Balaban J connectivity index is 1.89. The Kier molecular flexibility index (Phi) is 5.98. The van der Waals surface area contributed by atoms with Crippen molar-refractivity contribution in [2.75, 3.05) is 25.0 Å². The van der Waals surface area contributed by atoms with Crippen molar-refractivity contribution in [1.82, 2.24) is 4.90 Å². The molecule has 1 fully saturated rings. The molecule has 1 amide bonds. The monoisotopic (exact) mass is 303 g/mol. The van der Waals surface area contributed by atoms with Gasteiger partial charge in [-0.05, 0) is 48.9 Å². The van der Waals surface area contributed by atoms with Crippen LogP contribution in [0.5, 0.6) is 0 Å². The molecule has 0 bridgehead atoms. The molecule has 1 aliphatic heterocycles. The molecule has 1 aromatic carbocycles. The molecule has 0 aromatic heterocycles. The number of rotatable bonds is 5. The van der Waals surface area contributed by atoms with E-state index in [9.17, 15) is 4.79 Å². The van der Waals surface area contributed by atoms with E-state index in [-0.39, 0.29) is 5.91 Å². The summed E-state index contributed by atoms with van der Waals surface area (Å²) in [6, 6.07) is 8.44. The molecular weight excluding hydrogens is 274 g/mol. The number of hydrogen-bond donors (Lipinski definition) is 2. The first-order valence-electron chi connectivity index (χ1n) is 8.33. The van der Waals surface area contributed by atoms with Crippen LogP contribution in [0.1, 0.15) is 45.1 Å². The first-order valence-corrected chi connectivity index (χ1v) is 8.33. The number of nitrogens with zero attached hydrogens (tertiary/aromatic N) is 1. The van der Waals surface area contributed by atoms with E-state index in [2.05, 4.69) is 43.1 Å². The van der Waals surface area contributed by atoms with E-state index in [1.807, 2.05) is 12.1 Å². The second kappa shape index (κ2) is 7.75. The van der Waals surface area contributed by atoms with Gasteiger partial charge in [-0.3, -0.25) is 9.69 Å². The summed E-state index contributed by atoms with van der Waals surface area (Å²) in [5.74, 6) is 1.26. The first-order chi connectivity index (χ1) is 10.5. The maximum absolute atomic E-state index is 12.2. The second-order valence-corrected chi connectivity index (χ2v) is 6.81. The third-order valence-corrected chi connectivity index (χ3v) is 4.58. The van der Waals surface area contributed by atoms with E-state index in [1.54, 1.807) is 0 Å². The molecule has 1 saturated heterocycles. The van der Waals surface area contributed by atoms with E-state index in [0.717, 1.165) is 25.1 Å². The highest BCUT2D eigenvalue weighted by Crippen LogP contribution is 2.22. The van der Waals surface area contributed by atoms with Gasteiger partial charge in [-0.15, -0.1) is 0 Å². The van der Waals surface area contributed by atoms with Crippen molar-refractivity contribution in [3.8, 4) is 0 Å². The zero-order chi connectivity index (χ0) is 16.1. The van der Waals surface area contributed by atoms with Gasteiger partial charge in [-0.25, -0.2) is 0 Å². The fraction of sp³-hybridized carbons (Fsp3) is 0.611. The molecule has 0 aliphatic carbocycles. The van der Waals surface area contributed by atoms with Gasteiger partial charge in [0.1, 0.15) is 0 Å². The molecule has 2 rings (SSSR count). The number of benzene rings is 1. The van der Waals surface area contributed by atoms with Crippen molar-refractivity contribution in [3.05, 3.63) is 29.8 Å². The predicted molar refractivity (Wildman–Crippen MR) is 92.0 cm³/mol. The van der Waals surface area contributed by atoms with Crippen molar-refractivity contribution in [2.24, 2.45) is 11.7 Å². The third-order valence-electron chi connectivity index (χ3n) is 4.58. The van der Waals surface area contributed by atoms with E-state index in [0.29, 0.717) is 31.0 Å². The van der Waals surface area contributed by atoms with Crippen LogP contribution in [0.3, 0.4) is 0 Å². The molecule has 1 aromatic rings. The number of piperidine rings is 1. The van der Waals surface area contributed by atoms with Gasteiger partial charge in [-0.2, -0.15) is 0 Å². The van der Waals surface area contributed by atoms with Gasteiger partial charge >= 0.3 is 0 Å². The summed E-state index contributed by atoms with van der Waals surface area (Å²) in [6.45, 7) is 8.61. The van der Waals surface area contributed by atoms with Crippen molar-refractivity contribution in [1.29, 1.82) is 0 Å². The minimum atomic E-state index is 0.0466. The zero-order valence-corrected chi connectivity index (χ0v) is 14.0. The van der Waals surface area contributed by atoms with Crippen LogP contribution in [0.4, 0.5) is 5.69 Å². The topological polar surface area (TPSA) is 58.4 Å². The largest absolute Gasteiger partial charge is 0.329 e. The number of nitrogens with two attached hydrogens (primary N) is 1. The molecular formula is C18H29N3O. The molecule has 4 heteroatoms. The number of amides is 1. The average Bonchev–Trinajstić information content (AvgIpc) is 2.49. The third kappa shape index (κ3) is 4.55. The Labute approximate surface area is 134 Å². The molecule has 1 heterocycles. The Bertz CT molecular complexity index is 484. The predicted octanol–water partition coefficient (Wildman–Crippen LogP) is 2.81. The normalized spacial score (nSPS) is 22.8. The summed E-state index contributed by atoms with van der Waals surface area (Å²) >= 11 is 0. The number of nitrogens with one attached hydrogen (secondary N) is 1. The van der Waals surface area contributed by atoms with Gasteiger partial charge in [0.2, 0.25) is 5.91 Å². The van der Waals surface area contributed by atoms with Gasteiger partial charge in [0, 0.05) is 18.3 Å². The Morgan fingerprint density at radius 3 is 2.64 bits per heavy atom. The van der Waals surface area contributed by atoms with Crippen molar-refractivity contribution in [3.63, 3.8) is 0 Å². The van der Waals surface area contributed by atoms with Crippen LogP contribution in [0.15, 0.2) is 24.3 Å². The highest BCUT2D eigenvalue weighted by atomic mass is 16.2. The van der Waals surface area contributed by atoms with Crippen LogP contribution in [0.2, 0.25) is 0 Å². The Morgan fingerprint density at radius 1 is 1.36 bits per heavy atom. The summed E-state index contributed by atoms with van der Waals surface area (Å²) in [6.07, 6.45) is 2.24. The lowest BCUT2D eigenvalue weighted by atomic mass is 9.92. The lowest BCUT2D eigenvalue weighted by Gasteiger charge is -2.37. The van der Waals surface area contributed by atoms with Crippen LogP contribution < -0.4 is 11.1 Å². The molecule has 3 N–H and O–H groups in total. The molecule has 1 aliphatic rings. The fourth-order valence-electron chi connectivity index (χ4n) is 3.09. The van der Waals surface area contributed by atoms with Gasteiger partial charge in [0.25, 0.3) is 0 Å². The molecule has 4 nitrogen and oxygen atoms in total. The standard InChI is InChI=1S/C18H29N3O/c1-13(2)15-4-6-16(7-5-15)20-18(22)12-21-9-8-14(3)10-17(21)11-19/h4-7,13-14,17H,8-12,19H2,1-3H3,(H,20,22). The Morgan fingerprint density at radius 2 is 2.05 bits per heavy atom. The highest BCUT2D eigenvalue weighted by Gasteiger charge is 2.26. The van der Waals surface area contributed by atoms with Crippen LogP contribution in [0.25, 0.3) is 0 Å². The van der Waals surface area contributed by atoms with E-state index in [1.165, 1.54) is 5.56 Å². The number of carbonyl (C=O) groups excluding carboxylic acids is 1. The van der Waals surface area contributed by atoms with E-state index < -0.39 is 0 Å². The van der Waals surface area contributed by atoms with Crippen LogP contribution in [-0.2, 0) is 4.79 Å². The summed E-state index contributed by atoms with van der Waals surface area (Å²) in [7, 11) is 0. The van der Waals surface area contributed by atoms with Gasteiger partial charge in [-0.1, -0.05) is 32.9 Å². The smallest absolute Gasteiger partial charge is 0.238 e. The maximum Gasteiger partial charge on any atom is 0.238 e. The van der Waals surface area contributed by atoms with Crippen LogP contribution in [-0.4, -0.2) is 36.5 Å². The summed E-state index contributed by atoms with van der Waals surface area (Å²) in [5, 5.41) is 2.99. The minimum Gasteiger partial charge on any atom is -0.329 e. The molecule has 0 spiro atoms. The van der Waals surface area contributed by atoms with Crippen molar-refractivity contribution >= 4 is 11.6 Å². The van der Waals surface area contributed by atoms with Crippen molar-refractivity contribution < 1.29 is 4.79 Å². The van der Waals surface area contributed by atoms with Crippen molar-refractivity contribution in [2.45, 2.75) is 45.6 Å². The minimum absolute atomic E-state index is 0.0466. The van der Waals surface area contributed by atoms with Gasteiger partial charge in [0.05, 0.1) is 6.54 Å². The fourth-order valence-corrected chi connectivity index (χ4v) is 3.09. The molecule has 0 radical (unpaired) electrons. The summed E-state index contributed by atoms with van der Waals surface area (Å²) in [5.41, 5.74) is 8.00. The number of likely N-dealkylation sites (tertiary alicyclic amines) is 1. The molecule has 2 unspecified atom stereocenters. The SMILES string of the molecule is CC1CCN(CC(=O)Nc2ccc(C(C)C)cc2)C(CN)C1. The maximum atomic E-state index is 12.2. The highest BCUT2D eigenvalue weighted by molar-refractivity contribution is 5.92. The van der Waals surface area contributed by atoms with Gasteiger partial charge in [0.15, 0.2) is 0 Å². The van der Waals surface area contributed by atoms with E-state index >= 15 is 0 Å².